The van der Waals surface area contributed by atoms with E-state index in [4.69, 9.17) is 14.2 Å². The zero-order valence-corrected chi connectivity index (χ0v) is 48.8. The lowest BCUT2D eigenvalue weighted by Gasteiger charge is -2.41. The molecule has 6 N–H and O–H groups in total. The summed E-state index contributed by atoms with van der Waals surface area (Å²) in [4.78, 5) is 26.5. The van der Waals surface area contributed by atoms with Crippen LogP contribution in [-0.4, -0.2) is 99.6 Å². The van der Waals surface area contributed by atoms with Gasteiger partial charge in [0, 0.05) is 6.42 Å². The molecule has 1 saturated heterocycles. The number of unbranched alkanes of at least 4 members (excludes halogenated alkanes) is 25. The fraction of sp³-hybridized carbons (Fsp3) is 0.727. The van der Waals surface area contributed by atoms with E-state index >= 15 is 0 Å². The molecule has 11 heteroatoms. The smallest absolute Gasteiger partial charge is 0.306 e. The first-order chi connectivity index (χ1) is 37.7. The number of carbonyl (C=O) groups is 2. The highest BCUT2D eigenvalue weighted by Gasteiger charge is 2.47. The van der Waals surface area contributed by atoms with Gasteiger partial charge < -0.3 is 45.1 Å². The summed E-state index contributed by atoms with van der Waals surface area (Å²) in [7, 11) is 0. The van der Waals surface area contributed by atoms with E-state index in [-0.39, 0.29) is 19.4 Å². The van der Waals surface area contributed by atoms with Gasteiger partial charge in [-0.25, -0.2) is 0 Å². The number of hydrogen-bond acceptors (Lipinski definition) is 10. The number of amides is 1. The van der Waals surface area contributed by atoms with Crippen LogP contribution in [0.25, 0.3) is 0 Å². The highest BCUT2D eigenvalue weighted by molar-refractivity contribution is 5.80. The van der Waals surface area contributed by atoms with Crippen molar-refractivity contribution in [3.8, 4) is 0 Å². The van der Waals surface area contributed by atoms with E-state index in [1.54, 1.807) is 6.08 Å². The van der Waals surface area contributed by atoms with Crippen molar-refractivity contribution < 1.29 is 49.3 Å². The van der Waals surface area contributed by atoms with E-state index in [9.17, 15) is 35.1 Å². The van der Waals surface area contributed by atoms with Gasteiger partial charge in [-0.15, -0.1) is 0 Å². The Morgan fingerprint density at radius 1 is 0.532 bits per heavy atom. The molecular formula is C66H113NO10. The zero-order valence-electron chi connectivity index (χ0n) is 48.8. The minimum Gasteiger partial charge on any atom is -0.454 e. The SMILES string of the molecule is CC/C=C/C=C/C=C\CCCCCCC(O)C(=O)NC(COC1OC(CO)C(O)C(O)C1OC(=O)CCCCCCCCCCC/C=C\C/C=C\C/C=C\C/C=C\CCCCC)C(O)/C=C/CCCCCCCCCCC. The first-order valence-electron chi connectivity index (χ1n) is 31.0. The van der Waals surface area contributed by atoms with E-state index in [0.29, 0.717) is 12.8 Å². The summed E-state index contributed by atoms with van der Waals surface area (Å²) in [6, 6.07) is -1.04. The summed E-state index contributed by atoms with van der Waals surface area (Å²) in [5, 5.41) is 56.8. The number of aliphatic hydroxyl groups is 5. The fourth-order valence-electron chi connectivity index (χ4n) is 9.10. The van der Waals surface area contributed by atoms with Gasteiger partial charge in [-0.2, -0.15) is 0 Å². The van der Waals surface area contributed by atoms with Gasteiger partial charge in [-0.05, 0) is 89.9 Å². The van der Waals surface area contributed by atoms with Crippen LogP contribution in [0.4, 0.5) is 0 Å². The molecule has 0 spiro atoms. The second kappa shape index (κ2) is 53.2. The van der Waals surface area contributed by atoms with Gasteiger partial charge in [0.25, 0.3) is 0 Å². The van der Waals surface area contributed by atoms with Gasteiger partial charge in [-0.3, -0.25) is 9.59 Å². The average Bonchev–Trinajstić information content (AvgIpc) is 3.43. The highest BCUT2D eigenvalue weighted by atomic mass is 16.7. The summed E-state index contributed by atoms with van der Waals surface area (Å²) in [5.41, 5.74) is 0. The van der Waals surface area contributed by atoms with Crippen LogP contribution in [0.5, 0.6) is 0 Å². The van der Waals surface area contributed by atoms with Crippen molar-refractivity contribution in [1.29, 1.82) is 0 Å². The van der Waals surface area contributed by atoms with Crippen molar-refractivity contribution in [1.82, 2.24) is 5.32 Å². The molecule has 8 atom stereocenters. The van der Waals surface area contributed by atoms with Crippen LogP contribution in [0.1, 0.15) is 245 Å². The summed E-state index contributed by atoms with van der Waals surface area (Å²) in [5.74, 6) is -1.23. The molecular weight excluding hydrogens is 967 g/mol. The number of allylic oxidation sites excluding steroid dienone is 15. The molecule has 0 bridgehead atoms. The standard InChI is InChI=1S/C66H113NO10/c1-4-7-10-13-16-19-22-24-25-26-27-28-29-30-31-32-33-34-35-36-39-42-45-48-51-54-61(71)77-64-63(73)62(72)60(55-68)76-66(64)75-56-57(58(69)52-49-46-43-40-37-21-18-15-12-9-6-3)67-65(74)59(70)53-50-47-44-41-38-23-20-17-14-11-8-5-2/h8,11,14,16-17,19-20,23-25,27-28,30-31,49,52,57-60,62-64,66,68-70,72-73H,4-7,9-10,12-13,15,18,21-22,26,29,32-48,50-51,53-56H2,1-3H3,(H,67,74)/b11-8+,17-14+,19-16-,23-20-,25-24-,28-27-,31-30-,52-49+. The van der Waals surface area contributed by atoms with Crippen LogP contribution in [0, 0.1) is 0 Å². The Kier molecular flexibility index (Phi) is 49.5. The number of aliphatic hydroxyl groups excluding tert-OH is 5. The van der Waals surface area contributed by atoms with Crippen LogP contribution >= 0.6 is 0 Å². The lowest BCUT2D eigenvalue weighted by molar-refractivity contribution is -0.305. The summed E-state index contributed by atoms with van der Waals surface area (Å²) < 4.78 is 17.6. The Hall–Kier alpha value is -3.42. The maximum Gasteiger partial charge on any atom is 0.306 e. The Balaban J connectivity index is 2.61. The third-order valence-corrected chi connectivity index (χ3v) is 14.0. The molecule has 0 aromatic carbocycles. The Morgan fingerprint density at radius 2 is 0.987 bits per heavy atom. The molecule has 0 saturated carbocycles. The molecule has 0 aromatic heterocycles. The van der Waals surface area contributed by atoms with Crippen molar-refractivity contribution in [3.05, 3.63) is 97.2 Å². The van der Waals surface area contributed by atoms with Crippen molar-refractivity contribution in [2.75, 3.05) is 13.2 Å². The number of carbonyl (C=O) groups excluding carboxylic acids is 2. The fourth-order valence-corrected chi connectivity index (χ4v) is 9.10. The van der Waals surface area contributed by atoms with E-state index in [1.165, 1.54) is 89.9 Å². The van der Waals surface area contributed by atoms with Crippen LogP contribution in [0.3, 0.4) is 0 Å². The first kappa shape index (κ1) is 71.6. The van der Waals surface area contributed by atoms with Crippen LogP contribution in [-0.2, 0) is 23.8 Å². The highest BCUT2D eigenvalue weighted by Crippen LogP contribution is 2.26. The second-order valence-corrected chi connectivity index (χ2v) is 21.1. The molecule has 0 aliphatic carbocycles. The lowest BCUT2D eigenvalue weighted by Crippen LogP contribution is -2.61. The first-order valence-corrected chi connectivity index (χ1v) is 31.0. The topological polar surface area (TPSA) is 175 Å². The predicted molar refractivity (Wildman–Crippen MR) is 319 cm³/mol. The van der Waals surface area contributed by atoms with Crippen molar-refractivity contribution in [3.63, 3.8) is 0 Å². The largest absolute Gasteiger partial charge is 0.454 e. The Bertz CT molecular complexity index is 1620. The third-order valence-electron chi connectivity index (χ3n) is 14.0. The lowest BCUT2D eigenvalue weighted by atomic mass is 9.99. The number of hydrogen-bond donors (Lipinski definition) is 6. The van der Waals surface area contributed by atoms with E-state index in [2.05, 4.69) is 86.8 Å². The molecule has 77 heavy (non-hydrogen) atoms. The molecule has 442 valence electrons. The molecule has 0 aromatic rings. The van der Waals surface area contributed by atoms with E-state index in [1.807, 2.05) is 30.4 Å². The minimum absolute atomic E-state index is 0.109. The monoisotopic (exact) mass is 1080 g/mol. The molecule has 0 radical (unpaired) electrons. The summed E-state index contributed by atoms with van der Waals surface area (Å²) >= 11 is 0. The number of rotatable bonds is 51. The third kappa shape index (κ3) is 41.3. The van der Waals surface area contributed by atoms with Crippen molar-refractivity contribution in [2.45, 2.75) is 294 Å². The van der Waals surface area contributed by atoms with Gasteiger partial charge in [0.1, 0.15) is 24.4 Å². The molecule has 8 unspecified atom stereocenters. The van der Waals surface area contributed by atoms with Gasteiger partial charge in [0.05, 0.1) is 25.4 Å². The van der Waals surface area contributed by atoms with E-state index in [0.717, 1.165) is 109 Å². The van der Waals surface area contributed by atoms with Gasteiger partial charge in [-0.1, -0.05) is 246 Å². The van der Waals surface area contributed by atoms with Crippen molar-refractivity contribution >= 4 is 11.9 Å². The maximum absolute atomic E-state index is 13.4. The van der Waals surface area contributed by atoms with Crippen LogP contribution < -0.4 is 5.32 Å². The average molecular weight is 1080 g/mol. The maximum atomic E-state index is 13.4. The molecule has 1 amide bonds. The molecule has 1 rings (SSSR count). The van der Waals surface area contributed by atoms with Gasteiger partial charge in [0.2, 0.25) is 5.91 Å². The number of ether oxygens (including phenoxy) is 3. The van der Waals surface area contributed by atoms with Crippen molar-refractivity contribution in [2.24, 2.45) is 0 Å². The van der Waals surface area contributed by atoms with Crippen LogP contribution in [0.15, 0.2) is 97.2 Å². The second-order valence-electron chi connectivity index (χ2n) is 21.1. The predicted octanol–water partition coefficient (Wildman–Crippen LogP) is 14.7. The Labute approximate surface area is 469 Å². The van der Waals surface area contributed by atoms with Gasteiger partial charge >= 0.3 is 5.97 Å². The molecule has 1 fully saturated rings. The number of esters is 1. The molecule has 11 nitrogen and oxygen atoms in total. The summed E-state index contributed by atoms with van der Waals surface area (Å²) in [6.45, 7) is 5.59. The quantitative estimate of drug-likeness (QED) is 0.0149. The Morgan fingerprint density at radius 3 is 1.53 bits per heavy atom. The van der Waals surface area contributed by atoms with Gasteiger partial charge in [0.15, 0.2) is 12.4 Å². The summed E-state index contributed by atoms with van der Waals surface area (Å²) in [6.07, 6.45) is 60.3. The zero-order chi connectivity index (χ0) is 56.1. The molecule has 1 aliphatic rings. The minimum atomic E-state index is -1.62. The van der Waals surface area contributed by atoms with E-state index < -0.39 is 67.4 Å². The van der Waals surface area contributed by atoms with Crippen LogP contribution in [0.2, 0.25) is 0 Å². The molecule has 1 heterocycles. The number of nitrogens with one attached hydrogen (secondary N) is 1. The molecule has 1 aliphatic heterocycles. The normalized spacial score (nSPS) is 19.7.